The fraction of sp³-hybridized carbons (Fsp3) is 0.538. The molecule has 0 aliphatic heterocycles. The van der Waals surface area contributed by atoms with E-state index in [0.29, 0.717) is 25.3 Å². The van der Waals surface area contributed by atoms with Gasteiger partial charge in [-0.2, -0.15) is 0 Å². The maximum Gasteiger partial charge on any atom is 0.270 e. The molecule has 2 heterocycles. The zero-order chi connectivity index (χ0) is 15.9. The van der Waals surface area contributed by atoms with Gasteiger partial charge in [0.15, 0.2) is 5.16 Å². The SMILES string of the molecule is COCCSc1nnc(CCNC(=O)c2csc(C)n2)n1C. The van der Waals surface area contributed by atoms with Gasteiger partial charge in [0, 0.05) is 38.3 Å². The van der Waals surface area contributed by atoms with E-state index in [2.05, 4.69) is 20.5 Å². The molecule has 0 fully saturated rings. The molecule has 22 heavy (non-hydrogen) atoms. The number of ether oxygens (including phenoxy) is 1. The normalized spacial score (nSPS) is 10.9. The average Bonchev–Trinajstić information content (AvgIpc) is 3.07. The molecule has 2 rings (SSSR count). The lowest BCUT2D eigenvalue weighted by Gasteiger charge is -2.04. The quantitative estimate of drug-likeness (QED) is 0.575. The number of carbonyl (C=O) groups is 1. The van der Waals surface area contributed by atoms with Crippen LogP contribution in [0.3, 0.4) is 0 Å². The van der Waals surface area contributed by atoms with Crippen LogP contribution in [0.15, 0.2) is 10.5 Å². The summed E-state index contributed by atoms with van der Waals surface area (Å²) in [7, 11) is 3.60. The predicted molar refractivity (Wildman–Crippen MR) is 86.5 cm³/mol. The number of nitrogens with zero attached hydrogens (tertiary/aromatic N) is 4. The number of rotatable bonds is 8. The van der Waals surface area contributed by atoms with Crippen LogP contribution in [-0.4, -0.2) is 51.7 Å². The fourth-order valence-corrected chi connectivity index (χ4v) is 3.17. The van der Waals surface area contributed by atoms with Crippen LogP contribution in [0.2, 0.25) is 0 Å². The Kier molecular flexibility index (Phi) is 6.34. The maximum atomic E-state index is 11.9. The molecule has 0 radical (unpaired) electrons. The topological polar surface area (TPSA) is 81.9 Å². The molecule has 7 nitrogen and oxygen atoms in total. The first-order valence-corrected chi connectivity index (χ1v) is 8.68. The highest BCUT2D eigenvalue weighted by molar-refractivity contribution is 7.99. The molecule has 0 saturated heterocycles. The Morgan fingerprint density at radius 1 is 1.50 bits per heavy atom. The lowest BCUT2D eigenvalue weighted by atomic mass is 10.3. The molecule has 0 spiro atoms. The highest BCUT2D eigenvalue weighted by Crippen LogP contribution is 2.15. The van der Waals surface area contributed by atoms with E-state index in [0.717, 1.165) is 21.7 Å². The molecule has 1 amide bonds. The van der Waals surface area contributed by atoms with Crippen LogP contribution in [-0.2, 0) is 18.2 Å². The second-order valence-corrected chi connectivity index (χ2v) is 6.68. The van der Waals surface area contributed by atoms with Crippen molar-refractivity contribution < 1.29 is 9.53 Å². The largest absolute Gasteiger partial charge is 0.384 e. The Hall–Kier alpha value is -1.45. The molecule has 0 aromatic carbocycles. The number of methoxy groups -OCH3 is 1. The minimum Gasteiger partial charge on any atom is -0.384 e. The van der Waals surface area contributed by atoms with Crippen LogP contribution in [0.1, 0.15) is 21.3 Å². The molecule has 0 atom stereocenters. The number of nitrogens with one attached hydrogen (secondary N) is 1. The van der Waals surface area contributed by atoms with E-state index >= 15 is 0 Å². The highest BCUT2D eigenvalue weighted by atomic mass is 32.2. The van der Waals surface area contributed by atoms with E-state index < -0.39 is 0 Å². The van der Waals surface area contributed by atoms with Gasteiger partial charge in [-0.3, -0.25) is 4.79 Å². The first kappa shape index (κ1) is 16.9. The lowest BCUT2D eigenvalue weighted by molar-refractivity contribution is 0.0949. The smallest absolute Gasteiger partial charge is 0.270 e. The first-order valence-electron chi connectivity index (χ1n) is 6.82. The molecule has 2 aromatic heterocycles. The molecule has 1 N–H and O–H groups in total. The van der Waals surface area contributed by atoms with Crippen molar-refractivity contribution in [2.24, 2.45) is 7.05 Å². The predicted octanol–water partition coefficient (Wildman–Crippen LogP) is 1.29. The molecule has 2 aromatic rings. The van der Waals surface area contributed by atoms with Gasteiger partial charge in [0.25, 0.3) is 5.91 Å². The van der Waals surface area contributed by atoms with Crippen LogP contribution < -0.4 is 5.32 Å². The second kappa shape index (κ2) is 8.25. The summed E-state index contributed by atoms with van der Waals surface area (Å²) in [6, 6.07) is 0. The monoisotopic (exact) mass is 341 g/mol. The number of aryl methyl sites for hydroxylation is 1. The van der Waals surface area contributed by atoms with Crippen molar-refractivity contribution in [2.75, 3.05) is 26.0 Å². The van der Waals surface area contributed by atoms with E-state index in [1.54, 1.807) is 24.3 Å². The molecule has 120 valence electrons. The van der Waals surface area contributed by atoms with Gasteiger partial charge in [-0.25, -0.2) is 4.98 Å². The van der Waals surface area contributed by atoms with Crippen molar-refractivity contribution in [3.05, 3.63) is 21.9 Å². The number of hydrogen-bond acceptors (Lipinski definition) is 7. The van der Waals surface area contributed by atoms with E-state index in [-0.39, 0.29) is 5.91 Å². The van der Waals surface area contributed by atoms with Crippen molar-refractivity contribution in [3.63, 3.8) is 0 Å². The number of hydrogen-bond donors (Lipinski definition) is 1. The van der Waals surface area contributed by atoms with E-state index in [9.17, 15) is 4.79 Å². The van der Waals surface area contributed by atoms with E-state index in [4.69, 9.17) is 4.74 Å². The number of carbonyl (C=O) groups excluding carboxylic acids is 1. The second-order valence-electron chi connectivity index (χ2n) is 4.56. The van der Waals surface area contributed by atoms with Crippen molar-refractivity contribution in [2.45, 2.75) is 18.5 Å². The summed E-state index contributed by atoms with van der Waals surface area (Å²) in [5, 5.41) is 14.6. The number of thioether (sulfide) groups is 1. The fourth-order valence-electron chi connectivity index (χ4n) is 1.75. The van der Waals surface area contributed by atoms with Crippen LogP contribution in [0.4, 0.5) is 0 Å². The molecule has 9 heteroatoms. The van der Waals surface area contributed by atoms with Crippen LogP contribution >= 0.6 is 23.1 Å². The van der Waals surface area contributed by atoms with Gasteiger partial charge in [-0.1, -0.05) is 11.8 Å². The van der Waals surface area contributed by atoms with Gasteiger partial charge in [-0.15, -0.1) is 21.5 Å². The molecular formula is C13H19N5O2S2. The number of aromatic nitrogens is 4. The van der Waals surface area contributed by atoms with Gasteiger partial charge < -0.3 is 14.6 Å². The first-order chi connectivity index (χ1) is 10.6. The molecule has 0 saturated carbocycles. The van der Waals surface area contributed by atoms with Crippen LogP contribution in [0.5, 0.6) is 0 Å². The zero-order valence-electron chi connectivity index (χ0n) is 12.8. The van der Waals surface area contributed by atoms with Crippen molar-refractivity contribution in [1.29, 1.82) is 0 Å². The van der Waals surface area contributed by atoms with Crippen LogP contribution in [0, 0.1) is 6.92 Å². The third kappa shape index (κ3) is 4.52. The van der Waals surface area contributed by atoms with Crippen LogP contribution in [0.25, 0.3) is 0 Å². The Labute approximate surface area is 137 Å². The van der Waals surface area contributed by atoms with Gasteiger partial charge in [0.2, 0.25) is 0 Å². The Bertz CT molecular complexity index is 626. The summed E-state index contributed by atoms with van der Waals surface area (Å²) in [6.07, 6.45) is 0.628. The Balaban J connectivity index is 1.80. The van der Waals surface area contributed by atoms with Gasteiger partial charge in [0.1, 0.15) is 11.5 Å². The van der Waals surface area contributed by atoms with E-state index in [1.807, 2.05) is 18.5 Å². The van der Waals surface area contributed by atoms with Crippen molar-refractivity contribution in [3.8, 4) is 0 Å². The molecule has 0 aliphatic rings. The summed E-state index contributed by atoms with van der Waals surface area (Å²) < 4.78 is 6.96. The number of thiazole rings is 1. The van der Waals surface area contributed by atoms with Gasteiger partial charge >= 0.3 is 0 Å². The van der Waals surface area contributed by atoms with Gasteiger partial charge in [-0.05, 0) is 6.92 Å². The molecule has 0 unspecified atom stereocenters. The maximum absolute atomic E-state index is 11.9. The van der Waals surface area contributed by atoms with Gasteiger partial charge in [0.05, 0.1) is 11.6 Å². The average molecular weight is 341 g/mol. The standard InChI is InChI=1S/C13H19N5O2S2/c1-9-15-10(8-22-9)12(19)14-5-4-11-16-17-13(18(11)2)21-7-6-20-3/h8H,4-7H2,1-3H3,(H,14,19). The summed E-state index contributed by atoms with van der Waals surface area (Å²) in [5.41, 5.74) is 0.469. The third-order valence-corrected chi connectivity index (χ3v) is 4.69. The summed E-state index contributed by atoms with van der Waals surface area (Å²) in [6.45, 7) is 3.06. The minimum atomic E-state index is -0.152. The summed E-state index contributed by atoms with van der Waals surface area (Å²) in [4.78, 5) is 16.0. The Morgan fingerprint density at radius 3 is 3.00 bits per heavy atom. The summed E-state index contributed by atoms with van der Waals surface area (Å²) >= 11 is 3.07. The van der Waals surface area contributed by atoms with Crippen molar-refractivity contribution >= 4 is 29.0 Å². The molecule has 0 bridgehead atoms. The van der Waals surface area contributed by atoms with Crippen molar-refractivity contribution in [1.82, 2.24) is 25.1 Å². The lowest BCUT2D eigenvalue weighted by Crippen LogP contribution is -2.26. The zero-order valence-corrected chi connectivity index (χ0v) is 14.5. The minimum absolute atomic E-state index is 0.152. The molecular weight excluding hydrogens is 322 g/mol. The number of amides is 1. The Morgan fingerprint density at radius 2 is 2.32 bits per heavy atom. The molecule has 0 aliphatic carbocycles. The van der Waals surface area contributed by atoms with E-state index in [1.165, 1.54) is 11.3 Å². The summed E-state index contributed by atoms with van der Waals surface area (Å²) in [5.74, 6) is 1.53. The highest BCUT2D eigenvalue weighted by Gasteiger charge is 2.11. The third-order valence-electron chi connectivity index (χ3n) is 2.93.